The Kier molecular flexibility index (Phi) is 5.75. The van der Waals surface area contributed by atoms with Gasteiger partial charge in [0.1, 0.15) is 5.82 Å². The van der Waals surface area contributed by atoms with Gasteiger partial charge in [-0.15, -0.1) is 5.10 Å². The number of anilines is 1. The highest BCUT2D eigenvalue weighted by Gasteiger charge is 2.19. The van der Waals surface area contributed by atoms with E-state index in [1.54, 1.807) is 25.1 Å². The number of aromatic nitrogens is 4. The maximum absolute atomic E-state index is 13.8. The highest BCUT2D eigenvalue weighted by Crippen LogP contribution is 2.26. The van der Waals surface area contributed by atoms with E-state index in [1.807, 2.05) is 0 Å². The third kappa shape index (κ3) is 4.32. The molecule has 2 heterocycles. The van der Waals surface area contributed by atoms with Crippen molar-refractivity contribution in [2.24, 2.45) is 0 Å². The van der Waals surface area contributed by atoms with Gasteiger partial charge in [-0.2, -0.15) is 0 Å². The second kappa shape index (κ2) is 8.03. The number of rotatable bonds is 5. The van der Waals surface area contributed by atoms with E-state index in [4.69, 9.17) is 23.2 Å². The van der Waals surface area contributed by atoms with Gasteiger partial charge in [0.05, 0.1) is 20.9 Å². The molecule has 0 bridgehead atoms. The Labute approximate surface area is 162 Å². The summed E-state index contributed by atoms with van der Waals surface area (Å²) in [7, 11) is 0. The van der Waals surface area contributed by atoms with Crippen molar-refractivity contribution in [1.82, 2.24) is 20.2 Å². The zero-order valence-corrected chi connectivity index (χ0v) is 15.7. The molecule has 0 fully saturated rings. The minimum absolute atomic E-state index is 0.218. The van der Waals surface area contributed by atoms with Crippen LogP contribution < -0.4 is 5.32 Å². The fourth-order valence-corrected chi connectivity index (χ4v) is 3.16. The average Bonchev–Trinajstić information content (AvgIpc) is 3.06. The first-order valence-corrected chi connectivity index (χ1v) is 9.03. The second-order valence-corrected chi connectivity index (χ2v) is 7.33. The Morgan fingerprint density at radius 3 is 2.85 bits per heavy atom. The molecule has 10 heteroatoms. The number of thioether (sulfide) groups is 1. The van der Waals surface area contributed by atoms with Gasteiger partial charge < -0.3 is 5.32 Å². The van der Waals surface area contributed by atoms with Gasteiger partial charge in [0, 0.05) is 6.20 Å². The van der Waals surface area contributed by atoms with Gasteiger partial charge in [-0.25, -0.2) is 14.4 Å². The average molecular weight is 412 g/mol. The van der Waals surface area contributed by atoms with Crippen LogP contribution in [-0.4, -0.2) is 31.3 Å². The molecule has 3 aromatic rings. The lowest BCUT2D eigenvalue weighted by Crippen LogP contribution is -2.23. The SMILES string of the molecule is C[C@H](Sc1n[nH]c(-c2ccccc2F)n1)C(=O)Nc1ncc(Cl)cc1Cl. The van der Waals surface area contributed by atoms with Crippen LogP contribution in [-0.2, 0) is 4.79 Å². The summed E-state index contributed by atoms with van der Waals surface area (Å²) in [4.78, 5) is 20.5. The molecule has 0 spiro atoms. The highest BCUT2D eigenvalue weighted by atomic mass is 35.5. The third-order valence-electron chi connectivity index (χ3n) is 3.29. The Morgan fingerprint density at radius 1 is 1.35 bits per heavy atom. The highest BCUT2D eigenvalue weighted by molar-refractivity contribution is 8.00. The lowest BCUT2D eigenvalue weighted by molar-refractivity contribution is -0.115. The van der Waals surface area contributed by atoms with Gasteiger partial charge in [0.25, 0.3) is 0 Å². The van der Waals surface area contributed by atoms with Gasteiger partial charge in [-0.1, -0.05) is 47.1 Å². The molecule has 0 saturated heterocycles. The zero-order valence-electron chi connectivity index (χ0n) is 13.3. The molecule has 26 heavy (non-hydrogen) atoms. The minimum atomic E-state index is -0.534. The molecule has 0 saturated carbocycles. The van der Waals surface area contributed by atoms with Crippen LogP contribution in [0.4, 0.5) is 10.2 Å². The van der Waals surface area contributed by atoms with Crippen molar-refractivity contribution in [3.8, 4) is 11.4 Å². The summed E-state index contributed by atoms with van der Waals surface area (Å²) in [5, 5.41) is 9.70. The number of nitrogens with one attached hydrogen (secondary N) is 2. The Morgan fingerprint density at radius 2 is 2.12 bits per heavy atom. The molecule has 2 aromatic heterocycles. The van der Waals surface area contributed by atoms with E-state index in [0.29, 0.717) is 21.6 Å². The van der Waals surface area contributed by atoms with E-state index in [-0.39, 0.29) is 16.7 Å². The van der Waals surface area contributed by atoms with E-state index in [2.05, 4.69) is 25.5 Å². The zero-order chi connectivity index (χ0) is 18.7. The summed E-state index contributed by atoms with van der Waals surface area (Å²) < 4.78 is 13.8. The number of aromatic amines is 1. The van der Waals surface area contributed by atoms with Crippen LogP contribution in [0.3, 0.4) is 0 Å². The predicted octanol–water partition coefficient (Wildman–Crippen LogP) is 4.43. The van der Waals surface area contributed by atoms with Crippen LogP contribution in [0.1, 0.15) is 6.92 Å². The van der Waals surface area contributed by atoms with Crippen LogP contribution in [0, 0.1) is 5.82 Å². The van der Waals surface area contributed by atoms with Crippen LogP contribution >= 0.6 is 35.0 Å². The summed E-state index contributed by atoms with van der Waals surface area (Å²) in [5.41, 5.74) is 0.307. The molecule has 134 valence electrons. The van der Waals surface area contributed by atoms with Gasteiger partial charge in [0.15, 0.2) is 11.6 Å². The summed E-state index contributed by atoms with van der Waals surface area (Å²) in [6.07, 6.45) is 1.39. The standard InChI is InChI=1S/C16H12Cl2FN5OS/c1-8(15(25)21-14-11(18)6-9(17)7-20-14)26-16-22-13(23-24-16)10-4-2-3-5-12(10)19/h2-8H,1H3,(H,20,21,25)(H,22,23,24)/t8-/m0/s1. The first-order chi connectivity index (χ1) is 12.4. The number of H-pyrrole nitrogens is 1. The summed E-state index contributed by atoms with van der Waals surface area (Å²) in [5.74, 6) is -0.227. The molecule has 0 aliphatic heterocycles. The normalized spacial score (nSPS) is 12.0. The molecule has 0 aliphatic rings. The summed E-state index contributed by atoms with van der Waals surface area (Å²) >= 11 is 12.9. The first kappa shape index (κ1) is 18.6. The van der Waals surface area contributed by atoms with E-state index in [9.17, 15) is 9.18 Å². The van der Waals surface area contributed by atoms with Crippen LogP contribution in [0.15, 0.2) is 41.7 Å². The Bertz CT molecular complexity index is 952. The van der Waals surface area contributed by atoms with Crippen molar-refractivity contribution in [2.75, 3.05) is 5.32 Å². The smallest absolute Gasteiger partial charge is 0.238 e. The molecule has 2 N–H and O–H groups in total. The molecule has 0 radical (unpaired) electrons. The first-order valence-electron chi connectivity index (χ1n) is 7.40. The fraction of sp³-hybridized carbons (Fsp3) is 0.125. The number of halogens is 3. The lowest BCUT2D eigenvalue weighted by Gasteiger charge is -2.10. The summed E-state index contributed by atoms with van der Waals surface area (Å²) in [6.45, 7) is 1.68. The van der Waals surface area contributed by atoms with Gasteiger partial charge in [-0.05, 0) is 25.1 Å². The molecule has 6 nitrogen and oxygen atoms in total. The molecule has 1 atom stereocenters. The second-order valence-electron chi connectivity index (χ2n) is 5.18. The predicted molar refractivity (Wildman–Crippen MR) is 100.0 cm³/mol. The number of nitrogens with zero attached hydrogens (tertiary/aromatic N) is 3. The number of carbonyl (C=O) groups is 1. The molecule has 0 unspecified atom stereocenters. The Balaban J connectivity index is 1.67. The van der Waals surface area contributed by atoms with Crippen molar-refractivity contribution in [3.05, 3.63) is 52.4 Å². The van der Waals surface area contributed by atoms with E-state index in [0.717, 1.165) is 11.8 Å². The number of hydrogen-bond donors (Lipinski definition) is 2. The molecular formula is C16H12Cl2FN5OS. The lowest BCUT2D eigenvalue weighted by atomic mass is 10.2. The molecule has 1 aromatic carbocycles. The van der Waals surface area contributed by atoms with Crippen molar-refractivity contribution < 1.29 is 9.18 Å². The topological polar surface area (TPSA) is 83.6 Å². The van der Waals surface area contributed by atoms with E-state index >= 15 is 0 Å². The van der Waals surface area contributed by atoms with Crippen molar-refractivity contribution in [1.29, 1.82) is 0 Å². The summed E-state index contributed by atoms with van der Waals surface area (Å²) in [6, 6.07) is 7.71. The Hall–Kier alpha value is -2.16. The van der Waals surface area contributed by atoms with Gasteiger partial charge >= 0.3 is 0 Å². The monoisotopic (exact) mass is 411 g/mol. The molecule has 3 rings (SSSR count). The molecule has 1 amide bonds. The van der Waals surface area contributed by atoms with Crippen LogP contribution in [0.2, 0.25) is 10.0 Å². The van der Waals surface area contributed by atoms with Gasteiger partial charge in [0.2, 0.25) is 11.1 Å². The number of benzene rings is 1. The van der Waals surface area contributed by atoms with Crippen molar-refractivity contribution >= 4 is 46.7 Å². The number of hydrogen-bond acceptors (Lipinski definition) is 5. The molecule has 0 aliphatic carbocycles. The number of pyridine rings is 1. The number of carbonyl (C=O) groups excluding carboxylic acids is 1. The largest absolute Gasteiger partial charge is 0.308 e. The fourth-order valence-electron chi connectivity index (χ4n) is 2.01. The van der Waals surface area contributed by atoms with Crippen LogP contribution in [0.5, 0.6) is 0 Å². The number of amides is 1. The minimum Gasteiger partial charge on any atom is -0.308 e. The van der Waals surface area contributed by atoms with Crippen molar-refractivity contribution in [3.63, 3.8) is 0 Å². The van der Waals surface area contributed by atoms with Crippen molar-refractivity contribution in [2.45, 2.75) is 17.3 Å². The molecular weight excluding hydrogens is 400 g/mol. The van der Waals surface area contributed by atoms with E-state index in [1.165, 1.54) is 18.3 Å². The van der Waals surface area contributed by atoms with Gasteiger partial charge in [-0.3, -0.25) is 9.89 Å². The van der Waals surface area contributed by atoms with Crippen LogP contribution in [0.25, 0.3) is 11.4 Å². The quantitative estimate of drug-likeness (QED) is 0.606. The maximum atomic E-state index is 13.8. The van der Waals surface area contributed by atoms with E-state index < -0.39 is 11.1 Å². The third-order valence-corrected chi connectivity index (χ3v) is 4.75. The maximum Gasteiger partial charge on any atom is 0.238 e.